The minimum absolute atomic E-state index is 0.153. The fourth-order valence-electron chi connectivity index (χ4n) is 1.84. The van der Waals surface area contributed by atoms with Gasteiger partial charge in [0.2, 0.25) is 0 Å². The van der Waals surface area contributed by atoms with Crippen LogP contribution in [-0.4, -0.2) is 10.6 Å². The first kappa shape index (κ1) is 14.7. The molecule has 2 aromatic rings. The van der Waals surface area contributed by atoms with Crippen molar-refractivity contribution in [3.8, 4) is 11.1 Å². The van der Waals surface area contributed by atoms with Crippen LogP contribution in [0.3, 0.4) is 0 Å². The topological polar surface area (TPSA) is 34.1 Å². The van der Waals surface area contributed by atoms with Gasteiger partial charge in [-0.15, -0.1) is 0 Å². The Labute approximate surface area is 121 Å². The molecule has 1 aromatic heterocycles. The van der Waals surface area contributed by atoms with Crippen molar-refractivity contribution in [2.24, 2.45) is 0 Å². The third kappa shape index (κ3) is 4.15. The zero-order valence-corrected chi connectivity index (χ0v) is 12.6. The number of nitrogens with zero attached hydrogens (tertiary/aromatic N) is 1. The standard InChI is InChI=1S/C17H22N2O/c1-13(19-20-17(2,3)4)14-5-7-15(8-6-14)16-9-11-18-12-10-16/h5-13,19H,1-4H3/t13-/m1/s1. The molecule has 20 heavy (non-hydrogen) atoms. The lowest BCUT2D eigenvalue weighted by molar-refractivity contribution is -0.0866. The number of nitrogens with one attached hydrogen (secondary N) is 1. The highest BCUT2D eigenvalue weighted by molar-refractivity contribution is 5.62. The largest absolute Gasteiger partial charge is 0.296 e. The maximum absolute atomic E-state index is 5.60. The summed E-state index contributed by atoms with van der Waals surface area (Å²) in [5.74, 6) is 0. The Kier molecular flexibility index (Phi) is 4.53. The number of pyridine rings is 1. The number of benzene rings is 1. The van der Waals surface area contributed by atoms with Gasteiger partial charge in [-0.25, -0.2) is 0 Å². The molecule has 1 N–H and O–H groups in total. The lowest BCUT2D eigenvalue weighted by atomic mass is 10.0. The molecule has 1 heterocycles. The molecule has 0 fully saturated rings. The van der Waals surface area contributed by atoms with E-state index in [2.05, 4.69) is 41.7 Å². The summed E-state index contributed by atoms with van der Waals surface area (Å²) in [5, 5.41) is 0. The highest BCUT2D eigenvalue weighted by Gasteiger charge is 2.13. The van der Waals surface area contributed by atoms with Gasteiger partial charge in [-0.1, -0.05) is 24.3 Å². The van der Waals surface area contributed by atoms with Gasteiger partial charge in [0, 0.05) is 12.4 Å². The van der Waals surface area contributed by atoms with Gasteiger partial charge in [0.15, 0.2) is 0 Å². The van der Waals surface area contributed by atoms with Gasteiger partial charge in [-0.3, -0.25) is 9.82 Å². The van der Waals surface area contributed by atoms with E-state index in [1.165, 1.54) is 16.7 Å². The Bertz CT molecular complexity index is 529. The zero-order chi connectivity index (χ0) is 14.6. The summed E-state index contributed by atoms with van der Waals surface area (Å²) < 4.78 is 0. The molecular formula is C17H22N2O. The number of hydroxylamine groups is 1. The van der Waals surface area contributed by atoms with Crippen LogP contribution in [0.25, 0.3) is 11.1 Å². The van der Waals surface area contributed by atoms with Crippen LogP contribution in [0.5, 0.6) is 0 Å². The summed E-state index contributed by atoms with van der Waals surface area (Å²) in [5.41, 5.74) is 6.47. The van der Waals surface area contributed by atoms with Gasteiger partial charge < -0.3 is 0 Å². The summed E-state index contributed by atoms with van der Waals surface area (Å²) in [4.78, 5) is 9.64. The van der Waals surface area contributed by atoms with E-state index in [4.69, 9.17) is 4.84 Å². The van der Waals surface area contributed by atoms with E-state index in [0.717, 1.165) is 0 Å². The second-order valence-electron chi connectivity index (χ2n) is 5.91. The first-order valence-corrected chi connectivity index (χ1v) is 6.89. The molecule has 0 spiro atoms. The van der Waals surface area contributed by atoms with Gasteiger partial charge in [0.05, 0.1) is 11.6 Å². The van der Waals surface area contributed by atoms with Crippen molar-refractivity contribution in [3.05, 3.63) is 54.4 Å². The predicted molar refractivity (Wildman–Crippen MR) is 82.1 cm³/mol. The molecule has 1 atom stereocenters. The molecule has 0 bridgehead atoms. The zero-order valence-electron chi connectivity index (χ0n) is 12.6. The van der Waals surface area contributed by atoms with Gasteiger partial charge in [-0.2, -0.15) is 5.48 Å². The molecule has 0 saturated carbocycles. The van der Waals surface area contributed by atoms with E-state index in [1.54, 1.807) is 0 Å². The molecule has 3 nitrogen and oxygen atoms in total. The molecule has 106 valence electrons. The number of hydrogen-bond acceptors (Lipinski definition) is 3. The molecule has 0 aliphatic heterocycles. The third-order valence-electron chi connectivity index (χ3n) is 2.97. The van der Waals surface area contributed by atoms with E-state index in [9.17, 15) is 0 Å². The van der Waals surface area contributed by atoms with Gasteiger partial charge >= 0.3 is 0 Å². The second kappa shape index (κ2) is 6.16. The van der Waals surface area contributed by atoms with Crippen molar-refractivity contribution in [1.29, 1.82) is 0 Å². The highest BCUT2D eigenvalue weighted by Crippen LogP contribution is 2.21. The Morgan fingerprint density at radius 1 is 0.950 bits per heavy atom. The van der Waals surface area contributed by atoms with Crippen molar-refractivity contribution in [3.63, 3.8) is 0 Å². The van der Waals surface area contributed by atoms with Crippen molar-refractivity contribution in [2.45, 2.75) is 39.3 Å². The summed E-state index contributed by atoms with van der Waals surface area (Å²) in [6.07, 6.45) is 3.62. The monoisotopic (exact) mass is 270 g/mol. The Balaban J connectivity index is 2.05. The summed E-state index contributed by atoms with van der Waals surface area (Å²) in [6.45, 7) is 8.17. The Morgan fingerprint density at radius 2 is 1.50 bits per heavy atom. The fraction of sp³-hybridized carbons (Fsp3) is 0.353. The molecule has 2 rings (SSSR count). The van der Waals surface area contributed by atoms with Crippen LogP contribution in [0.1, 0.15) is 39.3 Å². The molecule has 1 aromatic carbocycles. The van der Waals surface area contributed by atoms with Crippen LogP contribution in [0.4, 0.5) is 0 Å². The first-order valence-electron chi connectivity index (χ1n) is 6.89. The van der Waals surface area contributed by atoms with Crippen molar-refractivity contribution in [2.75, 3.05) is 0 Å². The van der Waals surface area contributed by atoms with Crippen LogP contribution in [0.2, 0.25) is 0 Å². The molecule has 0 unspecified atom stereocenters. The molecule has 0 radical (unpaired) electrons. The second-order valence-corrected chi connectivity index (χ2v) is 5.91. The van der Waals surface area contributed by atoms with E-state index >= 15 is 0 Å². The maximum atomic E-state index is 5.60. The SMILES string of the molecule is C[C@@H](NOC(C)(C)C)c1ccc(-c2ccncc2)cc1. The van der Waals surface area contributed by atoms with Crippen molar-refractivity contribution >= 4 is 0 Å². The quantitative estimate of drug-likeness (QED) is 0.848. The Hall–Kier alpha value is -1.71. The number of aromatic nitrogens is 1. The minimum Gasteiger partial charge on any atom is -0.296 e. The lowest BCUT2D eigenvalue weighted by Crippen LogP contribution is -2.30. The smallest absolute Gasteiger partial charge is 0.0813 e. The van der Waals surface area contributed by atoms with E-state index in [0.29, 0.717) is 0 Å². The average Bonchev–Trinajstić information content (AvgIpc) is 2.45. The summed E-state index contributed by atoms with van der Waals surface area (Å²) in [6, 6.07) is 12.7. The van der Waals surface area contributed by atoms with Crippen molar-refractivity contribution < 1.29 is 4.84 Å². The number of rotatable bonds is 4. The molecular weight excluding hydrogens is 248 g/mol. The fourth-order valence-corrected chi connectivity index (χ4v) is 1.84. The minimum atomic E-state index is -0.189. The van der Waals surface area contributed by atoms with Crippen LogP contribution in [0, 0.1) is 0 Å². The van der Waals surface area contributed by atoms with Gasteiger partial charge in [0.1, 0.15) is 0 Å². The normalized spacial score (nSPS) is 13.2. The average molecular weight is 270 g/mol. The van der Waals surface area contributed by atoms with E-state index in [1.807, 2.05) is 45.3 Å². The van der Waals surface area contributed by atoms with E-state index in [-0.39, 0.29) is 11.6 Å². The molecule has 3 heteroatoms. The molecule has 0 amide bonds. The van der Waals surface area contributed by atoms with Gasteiger partial charge in [0.25, 0.3) is 0 Å². The van der Waals surface area contributed by atoms with Crippen LogP contribution >= 0.6 is 0 Å². The van der Waals surface area contributed by atoms with Crippen LogP contribution < -0.4 is 5.48 Å². The lowest BCUT2D eigenvalue weighted by Gasteiger charge is -2.23. The molecule has 0 saturated heterocycles. The van der Waals surface area contributed by atoms with E-state index < -0.39 is 0 Å². The highest BCUT2D eigenvalue weighted by atomic mass is 16.7. The molecule has 0 aliphatic rings. The predicted octanol–water partition coefficient (Wildman–Crippen LogP) is 4.13. The Morgan fingerprint density at radius 3 is 2.05 bits per heavy atom. The molecule has 0 aliphatic carbocycles. The maximum Gasteiger partial charge on any atom is 0.0813 e. The summed E-state index contributed by atoms with van der Waals surface area (Å²) in [7, 11) is 0. The third-order valence-corrected chi connectivity index (χ3v) is 2.97. The summed E-state index contributed by atoms with van der Waals surface area (Å²) >= 11 is 0. The van der Waals surface area contributed by atoms with Crippen LogP contribution in [0.15, 0.2) is 48.8 Å². The first-order chi connectivity index (χ1) is 9.46. The van der Waals surface area contributed by atoms with Gasteiger partial charge in [-0.05, 0) is 56.5 Å². The number of hydrogen-bond donors (Lipinski definition) is 1. The van der Waals surface area contributed by atoms with Crippen molar-refractivity contribution in [1.82, 2.24) is 10.5 Å². The van der Waals surface area contributed by atoms with Crippen LogP contribution in [-0.2, 0) is 4.84 Å².